The standard InChI is InChI=1S/C16H29NS2/c1-3-5-9-17(10-6-4-2)16(18)19-15-12-13-7-8-14(15)11-13/h13-15H,3-12H2,1-2H3. The van der Waals surface area contributed by atoms with Gasteiger partial charge in [0, 0.05) is 18.3 Å². The molecule has 3 unspecified atom stereocenters. The Bertz CT molecular complexity index is 284. The van der Waals surface area contributed by atoms with E-state index in [-0.39, 0.29) is 0 Å². The maximum absolute atomic E-state index is 5.74. The number of thiocarbonyl (C=S) groups is 1. The number of thioether (sulfide) groups is 1. The fourth-order valence-electron chi connectivity index (χ4n) is 3.53. The SMILES string of the molecule is CCCCN(CCCC)C(=S)SC1CC2CCC1C2. The van der Waals surface area contributed by atoms with Gasteiger partial charge in [0.25, 0.3) is 0 Å². The van der Waals surface area contributed by atoms with Crippen LogP contribution in [0.15, 0.2) is 0 Å². The molecule has 19 heavy (non-hydrogen) atoms. The van der Waals surface area contributed by atoms with E-state index in [0.717, 1.165) is 17.1 Å². The van der Waals surface area contributed by atoms with Gasteiger partial charge in [-0.25, -0.2) is 0 Å². The molecule has 3 heteroatoms. The number of unbranched alkanes of at least 4 members (excludes halogenated alkanes) is 2. The quantitative estimate of drug-likeness (QED) is 0.602. The lowest BCUT2D eigenvalue weighted by atomic mass is 10.0. The van der Waals surface area contributed by atoms with Crippen LogP contribution in [0.4, 0.5) is 0 Å². The first-order valence-electron chi connectivity index (χ1n) is 8.20. The molecule has 0 amide bonds. The maximum atomic E-state index is 5.74. The van der Waals surface area contributed by atoms with Gasteiger partial charge in [-0.15, -0.1) is 0 Å². The zero-order valence-electron chi connectivity index (χ0n) is 12.6. The highest BCUT2D eigenvalue weighted by atomic mass is 32.2. The summed E-state index contributed by atoms with van der Waals surface area (Å²) in [5.41, 5.74) is 0. The second-order valence-electron chi connectivity index (χ2n) is 6.29. The highest BCUT2D eigenvalue weighted by Crippen LogP contribution is 2.49. The number of hydrogen-bond acceptors (Lipinski definition) is 2. The predicted molar refractivity (Wildman–Crippen MR) is 90.8 cm³/mol. The Hall–Kier alpha value is 0.240. The fourth-order valence-corrected chi connectivity index (χ4v) is 5.48. The van der Waals surface area contributed by atoms with Crippen LogP contribution >= 0.6 is 24.0 Å². The zero-order valence-corrected chi connectivity index (χ0v) is 14.2. The molecule has 0 aromatic carbocycles. The molecule has 2 aliphatic carbocycles. The van der Waals surface area contributed by atoms with Crippen LogP contribution < -0.4 is 0 Å². The van der Waals surface area contributed by atoms with Crippen molar-refractivity contribution in [2.45, 2.75) is 70.5 Å². The summed E-state index contributed by atoms with van der Waals surface area (Å²) in [5, 5.41) is 0.844. The molecule has 2 rings (SSSR count). The van der Waals surface area contributed by atoms with Gasteiger partial charge < -0.3 is 4.90 Å². The van der Waals surface area contributed by atoms with E-state index in [2.05, 4.69) is 18.7 Å². The average Bonchev–Trinajstić information content (AvgIpc) is 3.01. The van der Waals surface area contributed by atoms with Crippen molar-refractivity contribution in [2.75, 3.05) is 13.1 Å². The normalized spacial score (nSPS) is 28.8. The minimum atomic E-state index is 0.844. The van der Waals surface area contributed by atoms with E-state index in [1.807, 2.05) is 11.8 Å². The van der Waals surface area contributed by atoms with Crippen LogP contribution in [-0.4, -0.2) is 27.6 Å². The monoisotopic (exact) mass is 299 g/mol. The minimum absolute atomic E-state index is 0.844. The Kier molecular flexibility index (Phi) is 6.48. The number of nitrogens with zero attached hydrogens (tertiary/aromatic N) is 1. The van der Waals surface area contributed by atoms with Crippen molar-refractivity contribution in [3.8, 4) is 0 Å². The van der Waals surface area contributed by atoms with Gasteiger partial charge in [-0.2, -0.15) is 0 Å². The highest BCUT2D eigenvalue weighted by molar-refractivity contribution is 8.23. The van der Waals surface area contributed by atoms with E-state index in [0.29, 0.717) is 0 Å². The summed E-state index contributed by atoms with van der Waals surface area (Å²) in [4.78, 5) is 2.49. The topological polar surface area (TPSA) is 3.24 Å². The first kappa shape index (κ1) is 15.6. The number of fused-ring (bicyclic) bond motifs is 2. The van der Waals surface area contributed by atoms with Gasteiger partial charge in [-0.1, -0.05) is 57.1 Å². The Balaban J connectivity index is 1.80. The third-order valence-electron chi connectivity index (χ3n) is 4.75. The van der Waals surface area contributed by atoms with Crippen molar-refractivity contribution in [3.63, 3.8) is 0 Å². The third kappa shape index (κ3) is 4.35. The van der Waals surface area contributed by atoms with Gasteiger partial charge in [0.2, 0.25) is 0 Å². The number of hydrogen-bond donors (Lipinski definition) is 0. The summed E-state index contributed by atoms with van der Waals surface area (Å²) in [7, 11) is 0. The fraction of sp³-hybridized carbons (Fsp3) is 0.938. The molecule has 0 saturated heterocycles. The van der Waals surface area contributed by atoms with Crippen LogP contribution in [-0.2, 0) is 0 Å². The summed E-state index contributed by atoms with van der Waals surface area (Å²) in [6.07, 6.45) is 11.0. The van der Waals surface area contributed by atoms with E-state index >= 15 is 0 Å². The Morgan fingerprint density at radius 1 is 1.11 bits per heavy atom. The molecule has 0 spiro atoms. The third-order valence-corrected chi connectivity index (χ3v) is 6.63. The van der Waals surface area contributed by atoms with Gasteiger partial charge in [0.1, 0.15) is 4.32 Å². The van der Waals surface area contributed by atoms with E-state index in [1.165, 1.54) is 68.8 Å². The lowest BCUT2D eigenvalue weighted by Crippen LogP contribution is -2.31. The molecular formula is C16H29NS2. The molecule has 1 nitrogen and oxygen atoms in total. The van der Waals surface area contributed by atoms with Crippen molar-refractivity contribution < 1.29 is 0 Å². The van der Waals surface area contributed by atoms with E-state index in [4.69, 9.17) is 12.2 Å². The lowest BCUT2D eigenvalue weighted by molar-refractivity contribution is 0.410. The van der Waals surface area contributed by atoms with Gasteiger partial charge in [-0.05, 0) is 43.9 Å². The van der Waals surface area contributed by atoms with Crippen LogP contribution in [0.2, 0.25) is 0 Å². The molecule has 0 aromatic rings. The largest absolute Gasteiger partial charge is 0.358 e. The summed E-state index contributed by atoms with van der Waals surface area (Å²) in [6, 6.07) is 0. The average molecular weight is 300 g/mol. The molecule has 0 aliphatic heterocycles. The van der Waals surface area contributed by atoms with Gasteiger partial charge in [0.15, 0.2) is 0 Å². The molecule has 2 fully saturated rings. The van der Waals surface area contributed by atoms with Crippen LogP contribution in [0.3, 0.4) is 0 Å². The van der Waals surface area contributed by atoms with Crippen LogP contribution in [0.1, 0.15) is 65.2 Å². The van der Waals surface area contributed by atoms with Crippen LogP contribution in [0.25, 0.3) is 0 Å². The van der Waals surface area contributed by atoms with E-state index in [9.17, 15) is 0 Å². The molecule has 0 aromatic heterocycles. The summed E-state index contributed by atoms with van der Waals surface area (Å²) in [5.74, 6) is 2.01. The molecule has 2 bridgehead atoms. The van der Waals surface area contributed by atoms with Crippen molar-refractivity contribution in [2.24, 2.45) is 11.8 Å². The van der Waals surface area contributed by atoms with Crippen molar-refractivity contribution in [3.05, 3.63) is 0 Å². The first-order chi connectivity index (χ1) is 9.24. The van der Waals surface area contributed by atoms with Crippen molar-refractivity contribution >= 4 is 28.3 Å². The predicted octanol–water partition coefficient (Wildman–Crippen LogP) is 5.10. The highest BCUT2D eigenvalue weighted by Gasteiger charge is 2.40. The van der Waals surface area contributed by atoms with Crippen molar-refractivity contribution in [1.82, 2.24) is 4.90 Å². The maximum Gasteiger partial charge on any atom is 0.136 e. The molecule has 110 valence electrons. The van der Waals surface area contributed by atoms with Crippen molar-refractivity contribution in [1.29, 1.82) is 0 Å². The van der Waals surface area contributed by atoms with Gasteiger partial charge >= 0.3 is 0 Å². The molecule has 0 heterocycles. The second kappa shape index (κ2) is 7.87. The zero-order chi connectivity index (χ0) is 13.7. The van der Waals surface area contributed by atoms with E-state index in [1.54, 1.807) is 0 Å². The van der Waals surface area contributed by atoms with E-state index < -0.39 is 0 Å². The smallest absolute Gasteiger partial charge is 0.136 e. The molecule has 3 atom stereocenters. The summed E-state index contributed by atoms with van der Waals surface area (Å²) >= 11 is 7.78. The van der Waals surface area contributed by atoms with Gasteiger partial charge in [0.05, 0.1) is 0 Å². The minimum Gasteiger partial charge on any atom is -0.358 e. The first-order valence-corrected chi connectivity index (χ1v) is 9.48. The number of rotatable bonds is 7. The second-order valence-corrected chi connectivity index (χ2v) is 8.16. The van der Waals surface area contributed by atoms with Gasteiger partial charge in [-0.3, -0.25) is 0 Å². The Labute approximate surface area is 128 Å². The summed E-state index contributed by atoms with van der Waals surface area (Å²) in [6.45, 7) is 6.88. The Morgan fingerprint density at radius 3 is 2.26 bits per heavy atom. The summed E-state index contributed by atoms with van der Waals surface area (Å²) < 4.78 is 1.19. The lowest BCUT2D eigenvalue weighted by Gasteiger charge is -2.28. The van der Waals surface area contributed by atoms with Crippen LogP contribution in [0, 0.1) is 11.8 Å². The molecule has 2 aliphatic rings. The molecule has 2 saturated carbocycles. The molecule has 0 N–H and O–H groups in total. The Morgan fingerprint density at radius 2 is 1.79 bits per heavy atom. The molecular weight excluding hydrogens is 270 g/mol. The molecule has 0 radical (unpaired) electrons. The van der Waals surface area contributed by atoms with Crippen LogP contribution in [0.5, 0.6) is 0 Å².